The normalized spacial score (nSPS) is 40.9. The zero-order valence-electron chi connectivity index (χ0n) is 11.0. The highest BCUT2D eigenvalue weighted by atomic mass is 16.5. The predicted molar refractivity (Wildman–Crippen MR) is 70.6 cm³/mol. The molecular weight excluding hydrogens is 226 g/mol. The fourth-order valence-corrected chi connectivity index (χ4v) is 4.68. The molecule has 3 unspecified atom stereocenters. The van der Waals surface area contributed by atoms with Gasteiger partial charge in [-0.15, -0.1) is 0 Å². The minimum Gasteiger partial charge on any atom is -0.377 e. The Kier molecular flexibility index (Phi) is 2.54. The molecule has 0 radical (unpaired) electrons. The van der Waals surface area contributed by atoms with E-state index in [4.69, 9.17) is 4.74 Å². The average Bonchev–Trinajstić information content (AvgIpc) is 3.05. The molecule has 2 heterocycles. The summed E-state index contributed by atoms with van der Waals surface area (Å²) in [5, 5.41) is 7.12. The highest BCUT2D eigenvalue weighted by Crippen LogP contribution is 2.60. The van der Waals surface area contributed by atoms with E-state index >= 15 is 0 Å². The van der Waals surface area contributed by atoms with Gasteiger partial charge in [0.1, 0.15) is 0 Å². The van der Waals surface area contributed by atoms with Crippen LogP contribution in [-0.4, -0.2) is 37.8 Å². The van der Waals surface area contributed by atoms with Gasteiger partial charge in [0.05, 0.1) is 6.10 Å². The zero-order valence-corrected chi connectivity index (χ0v) is 11.0. The van der Waals surface area contributed by atoms with E-state index in [1.807, 2.05) is 0 Å². The topological polar surface area (TPSA) is 45.7 Å². The summed E-state index contributed by atoms with van der Waals surface area (Å²) in [6, 6.07) is 0.608. The van der Waals surface area contributed by atoms with Crippen molar-refractivity contribution in [3.05, 3.63) is 0 Å². The van der Waals surface area contributed by atoms with Crippen LogP contribution in [0.2, 0.25) is 0 Å². The van der Waals surface area contributed by atoms with Gasteiger partial charge in [-0.25, -0.2) is 0 Å². The van der Waals surface area contributed by atoms with Crippen LogP contribution in [0, 0.1) is 11.3 Å². The largest absolute Gasteiger partial charge is 0.377 e. The number of nitrogens with one attached hydrogen (secondary N) is 2. The van der Waals surface area contributed by atoms with Gasteiger partial charge in [-0.2, -0.15) is 0 Å². The Balaban J connectivity index is 1.53. The highest BCUT2D eigenvalue weighted by Gasteiger charge is 2.65. The maximum Gasteiger partial charge on any atom is 0.191 e. The van der Waals surface area contributed by atoms with Gasteiger partial charge in [0.25, 0.3) is 0 Å². The van der Waals surface area contributed by atoms with E-state index in [2.05, 4.69) is 15.6 Å². The lowest BCUT2D eigenvalue weighted by atomic mass is 9.54. The van der Waals surface area contributed by atoms with Crippen molar-refractivity contribution in [3.63, 3.8) is 0 Å². The summed E-state index contributed by atoms with van der Waals surface area (Å²) in [5.74, 6) is 1.78. The minimum atomic E-state index is 0.433. The van der Waals surface area contributed by atoms with Crippen molar-refractivity contribution in [1.29, 1.82) is 0 Å². The molecule has 4 heteroatoms. The molecule has 18 heavy (non-hydrogen) atoms. The number of hydrogen-bond acceptors (Lipinski definition) is 4. The Labute approximate surface area is 109 Å². The monoisotopic (exact) mass is 249 g/mol. The molecule has 2 aliphatic heterocycles. The van der Waals surface area contributed by atoms with Crippen molar-refractivity contribution < 1.29 is 4.74 Å². The van der Waals surface area contributed by atoms with E-state index in [1.54, 1.807) is 0 Å². The number of aliphatic imine (C=N–C) groups is 1. The molecule has 0 aromatic carbocycles. The van der Waals surface area contributed by atoms with E-state index in [0.29, 0.717) is 17.6 Å². The Hall–Kier alpha value is -0.770. The first-order chi connectivity index (χ1) is 8.90. The lowest BCUT2D eigenvalue weighted by molar-refractivity contribution is -0.125. The third-order valence-electron chi connectivity index (χ3n) is 5.48. The Morgan fingerprint density at radius 2 is 2.17 bits per heavy atom. The molecule has 3 fully saturated rings. The van der Waals surface area contributed by atoms with Crippen LogP contribution in [0.4, 0.5) is 0 Å². The molecule has 2 N–H and O–H groups in total. The molecule has 0 bridgehead atoms. The summed E-state index contributed by atoms with van der Waals surface area (Å²) in [6.07, 6.45) is 8.39. The van der Waals surface area contributed by atoms with Crippen LogP contribution < -0.4 is 10.6 Å². The van der Waals surface area contributed by atoms with Crippen LogP contribution in [0.15, 0.2) is 4.99 Å². The van der Waals surface area contributed by atoms with Crippen LogP contribution in [0.3, 0.4) is 0 Å². The fraction of sp³-hybridized carbons (Fsp3) is 0.929. The maximum atomic E-state index is 6.01. The third kappa shape index (κ3) is 1.44. The number of hydrogen-bond donors (Lipinski definition) is 2. The second-order valence-corrected chi connectivity index (χ2v) is 6.32. The molecule has 0 amide bonds. The molecule has 2 aliphatic carbocycles. The van der Waals surface area contributed by atoms with E-state index in [9.17, 15) is 0 Å². The van der Waals surface area contributed by atoms with Crippen molar-refractivity contribution in [1.82, 2.24) is 10.6 Å². The second kappa shape index (κ2) is 4.12. The van der Waals surface area contributed by atoms with Crippen LogP contribution in [-0.2, 0) is 4.74 Å². The first-order valence-electron chi connectivity index (χ1n) is 7.57. The Morgan fingerprint density at radius 1 is 1.28 bits per heavy atom. The van der Waals surface area contributed by atoms with Gasteiger partial charge >= 0.3 is 0 Å². The number of rotatable bonds is 1. The molecule has 3 atom stereocenters. The Morgan fingerprint density at radius 3 is 2.94 bits per heavy atom. The molecule has 0 aromatic heterocycles. The lowest BCUT2D eigenvalue weighted by Gasteiger charge is -2.57. The van der Waals surface area contributed by atoms with Crippen LogP contribution in [0.1, 0.15) is 38.5 Å². The lowest BCUT2D eigenvalue weighted by Crippen LogP contribution is -2.69. The molecule has 4 rings (SSSR count). The molecule has 2 saturated carbocycles. The standard InChI is InChI=1S/C14H23N3O/c1-2-6-14(5-1)11(10-4-9-18-12(10)14)17-13-15-7-3-8-16-13/h10-12H,1-9H2,(H2,15,16,17). The summed E-state index contributed by atoms with van der Waals surface area (Å²) < 4.78 is 6.01. The van der Waals surface area contributed by atoms with E-state index < -0.39 is 0 Å². The SMILES string of the molecule is C1CN=C(NC2C3CCOC3C23CCCC3)NC1. The van der Waals surface area contributed by atoms with E-state index in [1.165, 1.54) is 32.1 Å². The third-order valence-corrected chi connectivity index (χ3v) is 5.48. The second-order valence-electron chi connectivity index (χ2n) is 6.32. The maximum absolute atomic E-state index is 6.01. The van der Waals surface area contributed by atoms with Crippen LogP contribution >= 0.6 is 0 Å². The fourth-order valence-electron chi connectivity index (χ4n) is 4.68. The zero-order chi connectivity index (χ0) is 12.0. The first-order valence-corrected chi connectivity index (χ1v) is 7.57. The number of fused-ring (bicyclic) bond motifs is 2. The van der Waals surface area contributed by atoms with Crippen molar-refractivity contribution in [2.45, 2.75) is 50.7 Å². The molecular formula is C14H23N3O. The molecule has 1 saturated heterocycles. The molecule has 100 valence electrons. The Bertz CT molecular complexity index is 362. The molecule has 0 aromatic rings. The summed E-state index contributed by atoms with van der Waals surface area (Å²) in [6.45, 7) is 3.00. The number of ether oxygens (including phenoxy) is 1. The highest BCUT2D eigenvalue weighted by molar-refractivity contribution is 5.81. The molecule has 4 aliphatic rings. The van der Waals surface area contributed by atoms with Crippen molar-refractivity contribution in [2.75, 3.05) is 19.7 Å². The molecule has 4 nitrogen and oxygen atoms in total. The van der Waals surface area contributed by atoms with Crippen molar-refractivity contribution in [2.24, 2.45) is 16.3 Å². The smallest absolute Gasteiger partial charge is 0.191 e. The number of nitrogens with zero attached hydrogens (tertiary/aromatic N) is 1. The van der Waals surface area contributed by atoms with Gasteiger partial charge in [-0.05, 0) is 25.7 Å². The van der Waals surface area contributed by atoms with Gasteiger partial charge in [-0.1, -0.05) is 12.8 Å². The van der Waals surface area contributed by atoms with E-state index in [-0.39, 0.29) is 0 Å². The van der Waals surface area contributed by atoms with Gasteiger partial charge in [0.15, 0.2) is 5.96 Å². The van der Waals surface area contributed by atoms with E-state index in [0.717, 1.165) is 38.0 Å². The van der Waals surface area contributed by atoms with Gasteiger partial charge < -0.3 is 15.4 Å². The summed E-state index contributed by atoms with van der Waals surface area (Å²) in [7, 11) is 0. The minimum absolute atomic E-state index is 0.433. The van der Waals surface area contributed by atoms with Crippen molar-refractivity contribution >= 4 is 5.96 Å². The van der Waals surface area contributed by atoms with Crippen molar-refractivity contribution in [3.8, 4) is 0 Å². The number of guanidine groups is 1. The summed E-state index contributed by atoms with van der Waals surface area (Å²) >= 11 is 0. The van der Waals surface area contributed by atoms with Gasteiger partial charge in [-0.3, -0.25) is 4.99 Å². The average molecular weight is 249 g/mol. The summed E-state index contributed by atoms with van der Waals surface area (Å²) in [4.78, 5) is 4.57. The predicted octanol–water partition coefficient (Wildman–Crippen LogP) is 1.27. The van der Waals surface area contributed by atoms with Crippen LogP contribution in [0.25, 0.3) is 0 Å². The van der Waals surface area contributed by atoms with Crippen LogP contribution in [0.5, 0.6) is 0 Å². The van der Waals surface area contributed by atoms with Gasteiger partial charge in [0.2, 0.25) is 0 Å². The van der Waals surface area contributed by atoms with Gasteiger partial charge in [0, 0.05) is 37.1 Å². The molecule has 1 spiro atoms. The summed E-state index contributed by atoms with van der Waals surface area (Å²) in [5.41, 5.74) is 0.433. The first kappa shape index (κ1) is 11.1. The quantitative estimate of drug-likeness (QED) is 0.736.